The van der Waals surface area contributed by atoms with Crippen LogP contribution in [0.4, 0.5) is 0 Å². The van der Waals surface area contributed by atoms with E-state index in [1.54, 1.807) is 19.9 Å². The summed E-state index contributed by atoms with van der Waals surface area (Å²) in [6.07, 6.45) is 3.03. The van der Waals surface area contributed by atoms with E-state index >= 15 is 0 Å². The molecule has 2 aliphatic rings. The van der Waals surface area contributed by atoms with Gasteiger partial charge in [0, 0.05) is 13.5 Å². The number of aliphatic hydroxyl groups is 2. The Bertz CT molecular complexity index is 461. The molecular formula is C15H22O5. The highest BCUT2D eigenvalue weighted by atomic mass is 16.7. The zero-order chi connectivity index (χ0) is 15.2. The molecule has 1 aliphatic heterocycles. The highest BCUT2D eigenvalue weighted by Gasteiger charge is 2.63. The zero-order valence-electron chi connectivity index (χ0n) is 12.2. The maximum absolute atomic E-state index is 12.1. The lowest BCUT2D eigenvalue weighted by Crippen LogP contribution is -2.55. The normalized spacial score (nSPS) is 37.5. The van der Waals surface area contributed by atoms with Crippen LogP contribution >= 0.6 is 0 Å². The molecule has 0 saturated carbocycles. The molecule has 0 unspecified atom stereocenters. The molecule has 112 valence electrons. The first-order valence-electron chi connectivity index (χ1n) is 6.71. The average Bonchev–Trinajstić information content (AvgIpc) is 2.63. The third-order valence-corrected chi connectivity index (χ3v) is 4.14. The van der Waals surface area contributed by atoms with Gasteiger partial charge in [-0.2, -0.15) is 0 Å². The summed E-state index contributed by atoms with van der Waals surface area (Å²) in [7, 11) is 1.40. The smallest absolute Gasteiger partial charge is 0.208 e. The second-order valence-electron chi connectivity index (χ2n) is 6.11. The second kappa shape index (κ2) is 4.77. The van der Waals surface area contributed by atoms with Crippen molar-refractivity contribution in [3.8, 4) is 0 Å². The fourth-order valence-corrected chi connectivity index (χ4v) is 2.89. The third kappa shape index (κ3) is 2.24. The Kier molecular flexibility index (Phi) is 3.67. The van der Waals surface area contributed by atoms with Gasteiger partial charge >= 0.3 is 0 Å². The fraction of sp³-hybridized carbons (Fsp3) is 0.667. The molecule has 5 nitrogen and oxygen atoms in total. The van der Waals surface area contributed by atoms with Gasteiger partial charge in [-0.05, 0) is 31.9 Å². The van der Waals surface area contributed by atoms with Gasteiger partial charge in [0.1, 0.15) is 5.60 Å². The SMILES string of the molecule is C=CCC1=C[C@@]2(O)C[C@H](C(C)(C)O)O[C@@]2(OC)CC1=O. The van der Waals surface area contributed by atoms with E-state index < -0.39 is 23.1 Å². The van der Waals surface area contributed by atoms with E-state index in [-0.39, 0.29) is 18.6 Å². The van der Waals surface area contributed by atoms with Crippen molar-refractivity contribution in [1.82, 2.24) is 0 Å². The summed E-state index contributed by atoms with van der Waals surface area (Å²) >= 11 is 0. The number of fused-ring (bicyclic) bond motifs is 1. The first-order chi connectivity index (χ1) is 9.17. The van der Waals surface area contributed by atoms with Crippen molar-refractivity contribution < 1.29 is 24.5 Å². The number of hydrogen-bond donors (Lipinski definition) is 2. The standard InChI is InChI=1S/C15H22O5/c1-5-6-10-7-14(18)9-12(13(2,3)17)20-15(14,19-4)8-11(10)16/h5,7,12,17-18H,1,6,8-9H2,2-4H3/t12-,14-,15+/m1/s1. The van der Waals surface area contributed by atoms with Gasteiger partial charge in [0.2, 0.25) is 5.79 Å². The number of ether oxygens (including phenoxy) is 2. The van der Waals surface area contributed by atoms with Gasteiger partial charge in [0.25, 0.3) is 0 Å². The molecule has 0 amide bonds. The van der Waals surface area contributed by atoms with Gasteiger partial charge < -0.3 is 19.7 Å². The number of carbonyl (C=O) groups is 1. The third-order valence-electron chi connectivity index (χ3n) is 4.14. The summed E-state index contributed by atoms with van der Waals surface area (Å²) < 4.78 is 11.1. The summed E-state index contributed by atoms with van der Waals surface area (Å²) in [4.78, 5) is 12.1. The van der Waals surface area contributed by atoms with Crippen LogP contribution in [0, 0.1) is 0 Å². The van der Waals surface area contributed by atoms with E-state index in [9.17, 15) is 15.0 Å². The molecule has 3 atom stereocenters. The van der Waals surface area contributed by atoms with E-state index in [4.69, 9.17) is 9.47 Å². The minimum absolute atomic E-state index is 0.0632. The largest absolute Gasteiger partial charge is 0.388 e. The molecule has 1 fully saturated rings. The maximum Gasteiger partial charge on any atom is 0.208 e. The van der Waals surface area contributed by atoms with Crippen molar-refractivity contribution >= 4 is 5.78 Å². The van der Waals surface area contributed by atoms with Crippen LogP contribution in [0.15, 0.2) is 24.3 Å². The number of methoxy groups -OCH3 is 1. The number of Topliss-reactive ketones (excluding diaryl/α,β-unsaturated/α-hetero) is 1. The molecule has 0 spiro atoms. The van der Waals surface area contributed by atoms with Gasteiger partial charge in [-0.1, -0.05) is 6.08 Å². The quantitative estimate of drug-likeness (QED) is 0.755. The number of rotatable bonds is 4. The van der Waals surface area contributed by atoms with Crippen molar-refractivity contribution in [3.05, 3.63) is 24.3 Å². The van der Waals surface area contributed by atoms with Crippen LogP contribution in [-0.2, 0) is 14.3 Å². The molecule has 1 heterocycles. The van der Waals surface area contributed by atoms with Crippen LogP contribution in [0.1, 0.15) is 33.1 Å². The molecule has 0 aromatic rings. The van der Waals surface area contributed by atoms with Crippen LogP contribution in [0.25, 0.3) is 0 Å². The lowest BCUT2D eigenvalue weighted by molar-refractivity contribution is -0.278. The summed E-state index contributed by atoms with van der Waals surface area (Å²) in [5.41, 5.74) is -2.04. The van der Waals surface area contributed by atoms with Crippen molar-refractivity contribution in [3.63, 3.8) is 0 Å². The Labute approximate surface area is 118 Å². The summed E-state index contributed by atoms with van der Waals surface area (Å²) in [5, 5.41) is 21.0. The topological polar surface area (TPSA) is 76.0 Å². The minimum atomic E-state index is -1.42. The first-order valence-corrected chi connectivity index (χ1v) is 6.71. The van der Waals surface area contributed by atoms with E-state index in [1.807, 2.05) is 0 Å². The number of allylic oxidation sites excluding steroid dienone is 2. The lowest BCUT2D eigenvalue weighted by Gasteiger charge is -2.40. The Balaban J connectivity index is 2.43. The van der Waals surface area contributed by atoms with E-state index in [0.29, 0.717) is 12.0 Å². The second-order valence-corrected chi connectivity index (χ2v) is 6.11. The average molecular weight is 282 g/mol. The van der Waals surface area contributed by atoms with Crippen LogP contribution in [0.2, 0.25) is 0 Å². The molecule has 1 aliphatic carbocycles. The molecular weight excluding hydrogens is 260 g/mol. The maximum atomic E-state index is 12.1. The van der Waals surface area contributed by atoms with E-state index in [1.165, 1.54) is 13.2 Å². The Hall–Kier alpha value is -1.01. The highest BCUT2D eigenvalue weighted by molar-refractivity contribution is 5.97. The van der Waals surface area contributed by atoms with Gasteiger partial charge in [-0.15, -0.1) is 6.58 Å². The molecule has 0 aromatic carbocycles. The first kappa shape index (κ1) is 15.4. The van der Waals surface area contributed by atoms with Gasteiger partial charge in [-0.3, -0.25) is 4.79 Å². The summed E-state index contributed by atoms with van der Waals surface area (Å²) in [5.74, 6) is -1.55. The van der Waals surface area contributed by atoms with Crippen LogP contribution in [0.5, 0.6) is 0 Å². The Morgan fingerprint density at radius 2 is 2.30 bits per heavy atom. The predicted molar refractivity (Wildman–Crippen MR) is 73.0 cm³/mol. The van der Waals surface area contributed by atoms with Crippen LogP contribution < -0.4 is 0 Å². The lowest BCUT2D eigenvalue weighted by atomic mass is 9.77. The molecule has 0 radical (unpaired) electrons. The minimum Gasteiger partial charge on any atom is -0.388 e. The van der Waals surface area contributed by atoms with Crippen molar-refractivity contribution in [1.29, 1.82) is 0 Å². The van der Waals surface area contributed by atoms with Crippen molar-refractivity contribution in [2.24, 2.45) is 0 Å². The van der Waals surface area contributed by atoms with Gasteiger partial charge in [0.05, 0.1) is 18.1 Å². The Morgan fingerprint density at radius 3 is 2.80 bits per heavy atom. The number of hydrogen-bond acceptors (Lipinski definition) is 5. The van der Waals surface area contributed by atoms with E-state index in [2.05, 4.69) is 6.58 Å². The molecule has 1 saturated heterocycles. The highest BCUT2D eigenvalue weighted by Crippen LogP contribution is 2.49. The van der Waals surface area contributed by atoms with Gasteiger partial charge in [-0.25, -0.2) is 0 Å². The molecule has 20 heavy (non-hydrogen) atoms. The van der Waals surface area contributed by atoms with Crippen molar-refractivity contribution in [2.45, 2.75) is 56.2 Å². The molecule has 2 rings (SSSR count). The number of ketones is 1. The van der Waals surface area contributed by atoms with Crippen LogP contribution in [-0.4, -0.2) is 46.2 Å². The molecule has 2 N–H and O–H groups in total. The van der Waals surface area contributed by atoms with Gasteiger partial charge in [0.15, 0.2) is 5.78 Å². The predicted octanol–water partition coefficient (Wildman–Crippen LogP) is 1.10. The Morgan fingerprint density at radius 1 is 1.65 bits per heavy atom. The van der Waals surface area contributed by atoms with Crippen LogP contribution in [0.3, 0.4) is 0 Å². The molecule has 5 heteroatoms. The summed E-state index contributed by atoms with van der Waals surface area (Å²) in [6, 6.07) is 0. The monoisotopic (exact) mass is 282 g/mol. The molecule has 0 bridgehead atoms. The van der Waals surface area contributed by atoms with E-state index in [0.717, 1.165) is 0 Å². The number of carbonyl (C=O) groups excluding carboxylic acids is 1. The van der Waals surface area contributed by atoms with Crippen molar-refractivity contribution in [2.75, 3.05) is 7.11 Å². The zero-order valence-corrected chi connectivity index (χ0v) is 12.2. The fourth-order valence-electron chi connectivity index (χ4n) is 2.89. The summed E-state index contributed by atoms with van der Waals surface area (Å²) in [6.45, 7) is 6.83. The molecule has 0 aromatic heterocycles.